The quantitative estimate of drug-likeness (QED) is 0.909. The molecule has 0 radical (unpaired) electrons. The molecule has 1 atom stereocenters. The van der Waals surface area contributed by atoms with E-state index in [1.165, 1.54) is 0 Å². The summed E-state index contributed by atoms with van der Waals surface area (Å²) in [6.45, 7) is 2.03. The smallest absolute Gasteiger partial charge is 0.102 e. The van der Waals surface area contributed by atoms with Crippen molar-refractivity contribution in [2.75, 3.05) is 24.6 Å². The van der Waals surface area contributed by atoms with Crippen molar-refractivity contribution in [2.45, 2.75) is 12.8 Å². The summed E-state index contributed by atoms with van der Waals surface area (Å²) in [5.74, 6) is 0.321. The maximum Gasteiger partial charge on any atom is 0.102 e. The summed E-state index contributed by atoms with van der Waals surface area (Å²) >= 11 is 0. The van der Waals surface area contributed by atoms with Crippen molar-refractivity contribution in [3.8, 4) is 6.07 Å². The van der Waals surface area contributed by atoms with E-state index in [2.05, 4.69) is 17.0 Å². The average Bonchev–Trinajstić information content (AvgIpc) is 2.53. The number of aliphatic hydroxyl groups is 1. The Kier molecular flexibility index (Phi) is 3.58. The molecule has 0 aliphatic carbocycles. The van der Waals surface area contributed by atoms with Gasteiger partial charge >= 0.3 is 0 Å². The number of aliphatic hydroxyl groups excluding tert-OH is 1. The molecule has 1 saturated heterocycles. The molecule has 2 aromatic carbocycles. The highest BCUT2D eigenvalue weighted by Gasteiger charge is 2.22. The van der Waals surface area contributed by atoms with Crippen LogP contribution in [0.3, 0.4) is 0 Å². The standard InChI is InChI=1S/C17H18N2O/c18-10-16-15-6-2-1-5-14(15)7-8-17(16)19-9-3-4-13(11-19)12-20/h1-2,5-8,13,20H,3-4,9,11-12H2. The van der Waals surface area contributed by atoms with E-state index in [9.17, 15) is 10.4 Å². The van der Waals surface area contributed by atoms with Crippen LogP contribution in [0, 0.1) is 17.2 Å². The van der Waals surface area contributed by atoms with Crippen LogP contribution in [0.5, 0.6) is 0 Å². The summed E-state index contributed by atoms with van der Waals surface area (Å²) in [6, 6.07) is 14.5. The first-order valence-electron chi connectivity index (χ1n) is 7.11. The number of piperidine rings is 1. The van der Waals surface area contributed by atoms with E-state index in [0.29, 0.717) is 5.92 Å². The molecule has 0 saturated carbocycles. The summed E-state index contributed by atoms with van der Waals surface area (Å²) in [5, 5.41) is 21.0. The molecule has 1 aliphatic rings. The fourth-order valence-corrected chi connectivity index (χ4v) is 3.07. The van der Waals surface area contributed by atoms with Crippen molar-refractivity contribution in [1.29, 1.82) is 5.26 Å². The number of nitrogens with zero attached hydrogens (tertiary/aromatic N) is 2. The number of nitriles is 1. The van der Waals surface area contributed by atoms with Gasteiger partial charge in [0.15, 0.2) is 0 Å². The Morgan fingerprint density at radius 3 is 2.90 bits per heavy atom. The highest BCUT2D eigenvalue weighted by molar-refractivity contribution is 5.92. The molecular formula is C17H18N2O. The topological polar surface area (TPSA) is 47.3 Å². The molecule has 20 heavy (non-hydrogen) atoms. The van der Waals surface area contributed by atoms with E-state index < -0.39 is 0 Å². The third kappa shape index (κ3) is 2.23. The molecule has 3 nitrogen and oxygen atoms in total. The summed E-state index contributed by atoms with van der Waals surface area (Å²) in [7, 11) is 0. The van der Waals surface area contributed by atoms with Crippen molar-refractivity contribution in [1.82, 2.24) is 0 Å². The normalized spacial score (nSPS) is 19.0. The predicted octanol–water partition coefficient (Wildman–Crippen LogP) is 2.92. The van der Waals surface area contributed by atoms with Gasteiger partial charge in [0.05, 0.1) is 11.3 Å². The largest absolute Gasteiger partial charge is 0.396 e. The summed E-state index contributed by atoms with van der Waals surface area (Å²) < 4.78 is 0. The number of fused-ring (bicyclic) bond motifs is 1. The number of anilines is 1. The molecular weight excluding hydrogens is 248 g/mol. The second-order valence-corrected chi connectivity index (χ2v) is 5.43. The van der Waals surface area contributed by atoms with Crippen molar-refractivity contribution in [3.63, 3.8) is 0 Å². The van der Waals surface area contributed by atoms with Gasteiger partial charge in [0, 0.05) is 25.1 Å². The molecule has 2 aromatic rings. The molecule has 3 rings (SSSR count). The number of hydrogen-bond acceptors (Lipinski definition) is 3. The van der Waals surface area contributed by atoms with Gasteiger partial charge in [-0.1, -0.05) is 30.3 Å². The first-order valence-corrected chi connectivity index (χ1v) is 7.11. The SMILES string of the molecule is N#Cc1c(N2CCCC(CO)C2)ccc2ccccc12. The number of benzene rings is 2. The minimum atomic E-state index is 0.228. The van der Waals surface area contributed by atoms with Crippen molar-refractivity contribution >= 4 is 16.5 Å². The molecule has 0 aromatic heterocycles. The molecule has 1 fully saturated rings. The van der Waals surface area contributed by atoms with Crippen LogP contribution in [0.2, 0.25) is 0 Å². The third-order valence-corrected chi connectivity index (χ3v) is 4.14. The first kappa shape index (κ1) is 13.0. The van der Waals surface area contributed by atoms with E-state index >= 15 is 0 Å². The van der Waals surface area contributed by atoms with Crippen molar-refractivity contribution < 1.29 is 5.11 Å². The van der Waals surface area contributed by atoms with E-state index in [0.717, 1.165) is 48.0 Å². The van der Waals surface area contributed by atoms with Gasteiger partial charge in [0.2, 0.25) is 0 Å². The van der Waals surface area contributed by atoms with Crippen LogP contribution in [0.25, 0.3) is 10.8 Å². The zero-order valence-corrected chi connectivity index (χ0v) is 11.4. The van der Waals surface area contributed by atoms with Crippen LogP contribution < -0.4 is 4.90 Å². The molecule has 1 unspecified atom stereocenters. The van der Waals surface area contributed by atoms with Crippen LogP contribution in [-0.4, -0.2) is 24.8 Å². The highest BCUT2D eigenvalue weighted by atomic mass is 16.3. The Bertz CT molecular complexity index is 660. The van der Waals surface area contributed by atoms with E-state index in [1.54, 1.807) is 0 Å². The zero-order valence-electron chi connectivity index (χ0n) is 11.4. The maximum absolute atomic E-state index is 9.54. The van der Waals surface area contributed by atoms with Gasteiger partial charge in [-0.05, 0) is 30.2 Å². The van der Waals surface area contributed by atoms with Gasteiger partial charge in [-0.25, -0.2) is 0 Å². The molecule has 1 N–H and O–H groups in total. The summed E-state index contributed by atoms with van der Waals surface area (Å²) in [6.07, 6.45) is 2.14. The minimum absolute atomic E-state index is 0.228. The lowest BCUT2D eigenvalue weighted by molar-refractivity contribution is 0.208. The average molecular weight is 266 g/mol. The highest BCUT2D eigenvalue weighted by Crippen LogP contribution is 2.31. The predicted molar refractivity (Wildman–Crippen MR) is 80.7 cm³/mol. The van der Waals surface area contributed by atoms with Crippen LogP contribution in [-0.2, 0) is 0 Å². The summed E-state index contributed by atoms with van der Waals surface area (Å²) in [4.78, 5) is 2.25. The number of rotatable bonds is 2. The van der Waals surface area contributed by atoms with E-state index in [1.807, 2.05) is 30.3 Å². The van der Waals surface area contributed by atoms with E-state index in [4.69, 9.17) is 0 Å². The molecule has 3 heteroatoms. The van der Waals surface area contributed by atoms with Gasteiger partial charge in [-0.15, -0.1) is 0 Å². The first-order chi connectivity index (χ1) is 9.83. The van der Waals surface area contributed by atoms with Crippen LogP contribution in [0.1, 0.15) is 18.4 Å². The Labute approximate surface area is 119 Å². The fraction of sp³-hybridized carbons (Fsp3) is 0.353. The Morgan fingerprint density at radius 1 is 1.25 bits per heavy atom. The van der Waals surface area contributed by atoms with Crippen LogP contribution >= 0.6 is 0 Å². The molecule has 1 aliphatic heterocycles. The summed E-state index contributed by atoms with van der Waals surface area (Å²) in [5.41, 5.74) is 1.76. The lowest BCUT2D eigenvalue weighted by Gasteiger charge is -2.34. The molecule has 0 bridgehead atoms. The van der Waals surface area contributed by atoms with Crippen molar-refractivity contribution in [2.24, 2.45) is 5.92 Å². The van der Waals surface area contributed by atoms with Gasteiger partial charge in [0.25, 0.3) is 0 Å². The third-order valence-electron chi connectivity index (χ3n) is 4.14. The zero-order chi connectivity index (χ0) is 13.9. The maximum atomic E-state index is 9.54. The lowest BCUT2D eigenvalue weighted by Crippen LogP contribution is -2.37. The van der Waals surface area contributed by atoms with Gasteiger partial charge < -0.3 is 10.0 Å². The lowest BCUT2D eigenvalue weighted by atomic mass is 9.96. The second kappa shape index (κ2) is 5.52. The second-order valence-electron chi connectivity index (χ2n) is 5.43. The Morgan fingerprint density at radius 2 is 2.10 bits per heavy atom. The monoisotopic (exact) mass is 266 g/mol. The number of hydrogen-bond donors (Lipinski definition) is 1. The minimum Gasteiger partial charge on any atom is -0.396 e. The van der Waals surface area contributed by atoms with Crippen molar-refractivity contribution in [3.05, 3.63) is 42.0 Å². The molecule has 0 spiro atoms. The Hall–Kier alpha value is -2.05. The molecule has 0 amide bonds. The Balaban J connectivity index is 2.05. The van der Waals surface area contributed by atoms with Crippen LogP contribution in [0.15, 0.2) is 36.4 Å². The van der Waals surface area contributed by atoms with Gasteiger partial charge in [0.1, 0.15) is 6.07 Å². The van der Waals surface area contributed by atoms with Gasteiger partial charge in [-0.2, -0.15) is 5.26 Å². The fourth-order valence-electron chi connectivity index (χ4n) is 3.07. The van der Waals surface area contributed by atoms with Gasteiger partial charge in [-0.3, -0.25) is 0 Å². The van der Waals surface area contributed by atoms with Crippen LogP contribution in [0.4, 0.5) is 5.69 Å². The molecule has 1 heterocycles. The molecule has 102 valence electrons. The van der Waals surface area contributed by atoms with E-state index in [-0.39, 0.29) is 6.61 Å².